The van der Waals surface area contributed by atoms with Crippen LogP contribution in [0.3, 0.4) is 0 Å². The number of ether oxygens (including phenoxy) is 1. The maximum absolute atomic E-state index is 5.99. The van der Waals surface area contributed by atoms with Crippen LogP contribution < -0.4 is 5.32 Å². The summed E-state index contributed by atoms with van der Waals surface area (Å²) in [5, 5.41) is 3.68. The van der Waals surface area contributed by atoms with Gasteiger partial charge in [-0.25, -0.2) is 0 Å². The Kier molecular flexibility index (Phi) is 5.27. The van der Waals surface area contributed by atoms with Crippen molar-refractivity contribution >= 4 is 0 Å². The van der Waals surface area contributed by atoms with E-state index >= 15 is 0 Å². The number of nitrogens with zero attached hydrogens (tertiary/aromatic N) is 1. The second kappa shape index (κ2) is 6.55. The van der Waals surface area contributed by atoms with Crippen molar-refractivity contribution < 1.29 is 4.74 Å². The first kappa shape index (κ1) is 15.3. The summed E-state index contributed by atoms with van der Waals surface area (Å²) in [6.45, 7) is 12.2. The summed E-state index contributed by atoms with van der Waals surface area (Å²) in [6.07, 6.45) is 7.06. The van der Waals surface area contributed by atoms with E-state index < -0.39 is 0 Å². The van der Waals surface area contributed by atoms with Gasteiger partial charge < -0.3 is 10.1 Å². The Bertz CT molecular complexity index is 272. The second-order valence-corrected chi connectivity index (χ2v) is 7.19. The summed E-state index contributed by atoms with van der Waals surface area (Å²) in [7, 11) is 0. The van der Waals surface area contributed by atoms with Gasteiger partial charge in [-0.05, 0) is 40.0 Å². The standard InChI is InChI=1S/C16H32N2O/c1-5-13(12-17-16(2,3)4)18-10-11-19-15-9-7-6-8-14(15)18/h13-15,17H,5-12H2,1-4H3. The fourth-order valence-electron chi connectivity index (χ4n) is 3.50. The van der Waals surface area contributed by atoms with Crippen molar-refractivity contribution in [1.82, 2.24) is 10.2 Å². The molecule has 0 bridgehead atoms. The Balaban J connectivity index is 1.95. The molecule has 2 aliphatic rings. The van der Waals surface area contributed by atoms with E-state index in [9.17, 15) is 0 Å². The molecular formula is C16H32N2O. The molecule has 0 aromatic rings. The summed E-state index contributed by atoms with van der Waals surface area (Å²) < 4.78 is 5.99. The average Bonchev–Trinajstić information content (AvgIpc) is 2.38. The molecule has 0 radical (unpaired) electrons. The van der Waals surface area contributed by atoms with Crippen molar-refractivity contribution in [1.29, 1.82) is 0 Å². The smallest absolute Gasteiger partial charge is 0.0731 e. The van der Waals surface area contributed by atoms with Crippen LogP contribution in [0.15, 0.2) is 0 Å². The van der Waals surface area contributed by atoms with E-state index in [1.807, 2.05) is 0 Å². The Morgan fingerprint density at radius 1 is 1.26 bits per heavy atom. The lowest BCUT2D eigenvalue weighted by Crippen LogP contribution is -2.59. The first-order valence-electron chi connectivity index (χ1n) is 8.13. The molecule has 1 saturated carbocycles. The van der Waals surface area contributed by atoms with Crippen LogP contribution in [-0.4, -0.2) is 48.3 Å². The van der Waals surface area contributed by atoms with Crippen LogP contribution in [0, 0.1) is 0 Å². The van der Waals surface area contributed by atoms with E-state index in [-0.39, 0.29) is 5.54 Å². The number of fused-ring (bicyclic) bond motifs is 1. The molecule has 112 valence electrons. The maximum Gasteiger partial charge on any atom is 0.0731 e. The van der Waals surface area contributed by atoms with Crippen LogP contribution in [0.5, 0.6) is 0 Å². The van der Waals surface area contributed by atoms with Crippen LogP contribution in [0.4, 0.5) is 0 Å². The fourth-order valence-corrected chi connectivity index (χ4v) is 3.50. The van der Waals surface area contributed by atoms with Gasteiger partial charge in [0, 0.05) is 30.7 Å². The summed E-state index contributed by atoms with van der Waals surface area (Å²) in [4.78, 5) is 2.74. The van der Waals surface area contributed by atoms with Gasteiger partial charge in [0.2, 0.25) is 0 Å². The van der Waals surface area contributed by atoms with Crippen molar-refractivity contribution in [3.63, 3.8) is 0 Å². The first-order chi connectivity index (χ1) is 9.01. The van der Waals surface area contributed by atoms with Gasteiger partial charge in [0.05, 0.1) is 12.7 Å². The van der Waals surface area contributed by atoms with Crippen molar-refractivity contribution in [2.24, 2.45) is 0 Å². The highest BCUT2D eigenvalue weighted by Crippen LogP contribution is 2.30. The van der Waals surface area contributed by atoms with Gasteiger partial charge in [-0.3, -0.25) is 4.90 Å². The normalized spacial score (nSPS) is 30.9. The van der Waals surface area contributed by atoms with E-state index in [1.54, 1.807) is 0 Å². The monoisotopic (exact) mass is 268 g/mol. The van der Waals surface area contributed by atoms with Crippen molar-refractivity contribution in [2.75, 3.05) is 19.7 Å². The molecule has 3 heteroatoms. The molecule has 0 spiro atoms. The van der Waals surface area contributed by atoms with E-state index in [4.69, 9.17) is 4.74 Å². The van der Waals surface area contributed by atoms with Crippen molar-refractivity contribution in [3.05, 3.63) is 0 Å². The van der Waals surface area contributed by atoms with Gasteiger partial charge in [0.25, 0.3) is 0 Å². The summed E-state index contributed by atoms with van der Waals surface area (Å²) in [5.74, 6) is 0. The second-order valence-electron chi connectivity index (χ2n) is 7.19. The molecule has 1 N–H and O–H groups in total. The Hall–Kier alpha value is -0.120. The maximum atomic E-state index is 5.99. The summed E-state index contributed by atoms with van der Waals surface area (Å²) in [6, 6.07) is 1.34. The lowest BCUT2D eigenvalue weighted by atomic mass is 9.88. The zero-order chi connectivity index (χ0) is 13.9. The molecule has 1 saturated heterocycles. The molecule has 3 atom stereocenters. The molecule has 19 heavy (non-hydrogen) atoms. The zero-order valence-electron chi connectivity index (χ0n) is 13.2. The molecule has 1 heterocycles. The van der Waals surface area contributed by atoms with Gasteiger partial charge >= 0.3 is 0 Å². The molecule has 0 aromatic carbocycles. The number of hydrogen-bond acceptors (Lipinski definition) is 3. The predicted octanol–water partition coefficient (Wildman–Crippen LogP) is 2.80. The number of morpholine rings is 1. The highest BCUT2D eigenvalue weighted by Gasteiger charge is 2.37. The molecule has 0 aromatic heterocycles. The molecule has 3 unspecified atom stereocenters. The third kappa shape index (κ3) is 4.17. The average molecular weight is 268 g/mol. The lowest BCUT2D eigenvalue weighted by molar-refractivity contribution is -0.103. The Morgan fingerprint density at radius 2 is 2.00 bits per heavy atom. The third-order valence-electron chi connectivity index (χ3n) is 4.58. The predicted molar refractivity (Wildman–Crippen MR) is 80.5 cm³/mol. The first-order valence-corrected chi connectivity index (χ1v) is 8.13. The molecule has 1 aliphatic carbocycles. The minimum absolute atomic E-state index is 0.214. The van der Waals surface area contributed by atoms with Crippen molar-refractivity contribution in [3.8, 4) is 0 Å². The SMILES string of the molecule is CCC(CNC(C)(C)C)N1CCOC2CCCCC21. The van der Waals surface area contributed by atoms with Gasteiger partial charge in [-0.1, -0.05) is 19.8 Å². The van der Waals surface area contributed by atoms with Gasteiger partial charge in [-0.15, -0.1) is 0 Å². The summed E-state index contributed by atoms with van der Waals surface area (Å²) >= 11 is 0. The molecule has 1 aliphatic heterocycles. The molecule has 3 nitrogen and oxygen atoms in total. The largest absolute Gasteiger partial charge is 0.375 e. The van der Waals surface area contributed by atoms with E-state index in [0.717, 1.165) is 19.7 Å². The van der Waals surface area contributed by atoms with Crippen LogP contribution in [0.2, 0.25) is 0 Å². The van der Waals surface area contributed by atoms with Crippen LogP contribution >= 0.6 is 0 Å². The van der Waals surface area contributed by atoms with E-state index in [2.05, 4.69) is 37.9 Å². The van der Waals surface area contributed by atoms with Gasteiger partial charge in [0.15, 0.2) is 0 Å². The lowest BCUT2D eigenvalue weighted by Gasteiger charge is -2.47. The topological polar surface area (TPSA) is 24.5 Å². The van der Waals surface area contributed by atoms with E-state index in [0.29, 0.717) is 18.2 Å². The Morgan fingerprint density at radius 3 is 2.68 bits per heavy atom. The highest BCUT2D eigenvalue weighted by molar-refractivity contribution is 4.91. The number of hydrogen-bond donors (Lipinski definition) is 1. The van der Waals surface area contributed by atoms with Gasteiger partial charge in [0.1, 0.15) is 0 Å². The minimum atomic E-state index is 0.214. The van der Waals surface area contributed by atoms with Crippen LogP contribution in [0.25, 0.3) is 0 Å². The minimum Gasteiger partial charge on any atom is -0.375 e. The number of rotatable bonds is 4. The molecular weight excluding hydrogens is 236 g/mol. The fraction of sp³-hybridized carbons (Fsp3) is 1.00. The molecule has 0 amide bonds. The highest BCUT2D eigenvalue weighted by atomic mass is 16.5. The van der Waals surface area contributed by atoms with Gasteiger partial charge in [-0.2, -0.15) is 0 Å². The quantitative estimate of drug-likeness (QED) is 0.848. The van der Waals surface area contributed by atoms with Crippen LogP contribution in [0.1, 0.15) is 59.8 Å². The third-order valence-corrected chi connectivity index (χ3v) is 4.58. The zero-order valence-corrected chi connectivity index (χ0v) is 13.2. The Labute approximate surface area is 119 Å². The van der Waals surface area contributed by atoms with Crippen LogP contribution in [-0.2, 0) is 4.74 Å². The number of nitrogens with one attached hydrogen (secondary N) is 1. The molecule has 2 rings (SSSR count). The van der Waals surface area contributed by atoms with Crippen molar-refractivity contribution in [2.45, 2.75) is 83.5 Å². The summed E-state index contributed by atoms with van der Waals surface area (Å²) in [5.41, 5.74) is 0.214. The molecule has 2 fully saturated rings. The van der Waals surface area contributed by atoms with E-state index in [1.165, 1.54) is 32.1 Å².